The van der Waals surface area contributed by atoms with Crippen molar-refractivity contribution in [1.82, 2.24) is 16.0 Å². The lowest BCUT2D eigenvalue weighted by Gasteiger charge is -2.21. The maximum Gasteiger partial charge on any atom is 0.336 e. The highest BCUT2D eigenvalue weighted by Gasteiger charge is 2.42. The summed E-state index contributed by atoms with van der Waals surface area (Å²) in [7, 11) is 0. The number of carboxylic acid groups (broad SMARTS) is 1. The van der Waals surface area contributed by atoms with Crippen LogP contribution in [0.25, 0.3) is 0 Å². The van der Waals surface area contributed by atoms with Gasteiger partial charge in [0.2, 0.25) is 0 Å². The summed E-state index contributed by atoms with van der Waals surface area (Å²) in [5.41, 5.74) is -1.65. The molecule has 1 aliphatic rings. The van der Waals surface area contributed by atoms with Gasteiger partial charge in [-0.2, -0.15) is 0 Å². The molecule has 8 heteroatoms. The van der Waals surface area contributed by atoms with Crippen LogP contribution in [0.4, 0.5) is 4.79 Å². The summed E-state index contributed by atoms with van der Waals surface area (Å²) in [6.07, 6.45) is 3.90. The monoisotopic (exact) mass is 307 g/mol. The van der Waals surface area contributed by atoms with Crippen LogP contribution in [-0.4, -0.2) is 41.0 Å². The van der Waals surface area contributed by atoms with E-state index in [1.807, 2.05) is 0 Å². The fourth-order valence-electron chi connectivity index (χ4n) is 1.82. The Morgan fingerprint density at radius 1 is 1.36 bits per heavy atom. The van der Waals surface area contributed by atoms with Crippen molar-refractivity contribution in [2.24, 2.45) is 0 Å². The van der Waals surface area contributed by atoms with E-state index in [0.717, 1.165) is 6.08 Å². The molecule has 0 spiro atoms. The zero-order valence-corrected chi connectivity index (χ0v) is 12.2. The van der Waals surface area contributed by atoms with E-state index >= 15 is 0 Å². The van der Waals surface area contributed by atoms with E-state index < -0.39 is 29.4 Å². The molecule has 0 bridgehead atoms. The van der Waals surface area contributed by atoms with Crippen molar-refractivity contribution >= 4 is 23.8 Å². The number of amides is 4. The Balaban J connectivity index is 2.95. The first kappa shape index (κ1) is 17.2. The number of carbonyl (C=O) groups is 4. The van der Waals surface area contributed by atoms with Gasteiger partial charge in [0.15, 0.2) is 0 Å². The molecule has 4 N–H and O–H groups in total. The van der Waals surface area contributed by atoms with Gasteiger partial charge in [0.25, 0.3) is 11.8 Å². The van der Waals surface area contributed by atoms with Gasteiger partial charge in [0, 0.05) is 6.54 Å². The van der Waals surface area contributed by atoms with Crippen molar-refractivity contribution in [1.29, 1.82) is 0 Å². The van der Waals surface area contributed by atoms with Crippen molar-refractivity contribution in [2.45, 2.75) is 19.4 Å². The maximum absolute atomic E-state index is 12.1. The van der Waals surface area contributed by atoms with E-state index in [-0.39, 0.29) is 17.7 Å². The average molecular weight is 307 g/mol. The first-order chi connectivity index (χ1) is 10.2. The largest absolute Gasteiger partial charge is 0.478 e. The molecule has 22 heavy (non-hydrogen) atoms. The van der Waals surface area contributed by atoms with Gasteiger partial charge in [-0.25, -0.2) is 9.59 Å². The molecule has 118 valence electrons. The van der Waals surface area contributed by atoms with Gasteiger partial charge in [-0.05, 0) is 13.8 Å². The molecule has 0 aromatic carbocycles. The highest BCUT2D eigenvalue weighted by molar-refractivity contribution is 6.08. The van der Waals surface area contributed by atoms with Gasteiger partial charge in [0.05, 0.1) is 11.1 Å². The Kier molecular flexibility index (Phi) is 5.23. The molecule has 1 rings (SSSR count). The number of rotatable bonds is 6. The lowest BCUT2D eigenvalue weighted by molar-refractivity contribution is -0.132. The molecule has 0 saturated carbocycles. The summed E-state index contributed by atoms with van der Waals surface area (Å²) in [5.74, 6) is -2.56. The number of hydrogen-bond donors (Lipinski definition) is 4. The standard InChI is InChI=1S/C14H17N3O5/c1-4-6-9(8(5-2)11(19)20)10(18)15-7-14(3)12(21)16-13(22)17-14/h4-6H,2,7H2,1,3H3,(H,15,18)(H,19,20)(H2,16,17,21,22)/b6-4-,9-8-. The Morgan fingerprint density at radius 3 is 2.41 bits per heavy atom. The number of aliphatic carboxylic acids is 1. The van der Waals surface area contributed by atoms with Crippen LogP contribution in [0.15, 0.2) is 36.0 Å². The number of hydrogen-bond acceptors (Lipinski definition) is 4. The second kappa shape index (κ2) is 6.70. The second-order valence-electron chi connectivity index (χ2n) is 4.76. The molecular formula is C14H17N3O5. The van der Waals surface area contributed by atoms with Gasteiger partial charge in [0.1, 0.15) is 5.54 Å². The minimum atomic E-state index is -1.30. The fourth-order valence-corrected chi connectivity index (χ4v) is 1.82. The molecule has 1 aliphatic heterocycles. The minimum Gasteiger partial charge on any atom is -0.478 e. The van der Waals surface area contributed by atoms with Crippen LogP contribution in [0, 0.1) is 0 Å². The van der Waals surface area contributed by atoms with E-state index in [2.05, 4.69) is 22.5 Å². The predicted molar refractivity (Wildman–Crippen MR) is 77.8 cm³/mol. The second-order valence-corrected chi connectivity index (χ2v) is 4.76. The zero-order chi connectivity index (χ0) is 16.9. The Hall–Kier alpha value is -2.90. The van der Waals surface area contributed by atoms with Crippen LogP contribution >= 0.6 is 0 Å². The van der Waals surface area contributed by atoms with Crippen molar-refractivity contribution in [3.8, 4) is 0 Å². The summed E-state index contributed by atoms with van der Waals surface area (Å²) in [4.78, 5) is 46.0. The molecule has 0 aromatic rings. The Morgan fingerprint density at radius 2 is 2.00 bits per heavy atom. The van der Waals surface area contributed by atoms with Crippen LogP contribution < -0.4 is 16.0 Å². The van der Waals surface area contributed by atoms with E-state index in [9.17, 15) is 19.2 Å². The number of imide groups is 1. The van der Waals surface area contributed by atoms with Gasteiger partial charge in [-0.3, -0.25) is 14.9 Å². The fraction of sp³-hybridized carbons (Fsp3) is 0.286. The van der Waals surface area contributed by atoms with Gasteiger partial charge >= 0.3 is 12.0 Å². The molecule has 0 aromatic heterocycles. The van der Waals surface area contributed by atoms with Gasteiger partial charge < -0.3 is 15.7 Å². The first-order valence-corrected chi connectivity index (χ1v) is 6.39. The van der Waals surface area contributed by atoms with Crippen molar-refractivity contribution in [3.05, 3.63) is 36.0 Å². The topological polar surface area (TPSA) is 125 Å². The lowest BCUT2D eigenvalue weighted by atomic mass is 10.0. The van der Waals surface area contributed by atoms with Crippen LogP contribution in [-0.2, 0) is 14.4 Å². The molecule has 8 nitrogen and oxygen atoms in total. The molecule has 0 aliphatic carbocycles. The van der Waals surface area contributed by atoms with Crippen molar-refractivity contribution < 1.29 is 24.3 Å². The predicted octanol–water partition coefficient (Wildman–Crippen LogP) is -0.156. The van der Waals surface area contributed by atoms with Crippen LogP contribution in [0.1, 0.15) is 13.8 Å². The molecule has 1 heterocycles. The van der Waals surface area contributed by atoms with E-state index in [4.69, 9.17) is 5.11 Å². The smallest absolute Gasteiger partial charge is 0.336 e. The van der Waals surface area contributed by atoms with Gasteiger partial charge in [-0.1, -0.05) is 24.8 Å². The third-order valence-electron chi connectivity index (χ3n) is 3.02. The quantitative estimate of drug-likeness (QED) is 0.308. The normalized spacial score (nSPS) is 21.9. The SMILES string of the molecule is C=C/C(C(=O)O)=C(\C=C/C)C(=O)NCC1(C)NC(=O)NC1=O. The third kappa shape index (κ3) is 3.60. The number of carboxylic acids is 1. The molecule has 0 radical (unpaired) electrons. The average Bonchev–Trinajstić information content (AvgIpc) is 2.69. The number of nitrogens with one attached hydrogen (secondary N) is 3. The van der Waals surface area contributed by atoms with E-state index in [1.54, 1.807) is 6.92 Å². The number of carbonyl (C=O) groups excluding carboxylic acids is 3. The summed E-state index contributed by atoms with van der Waals surface area (Å²) in [5, 5.41) is 15.9. The van der Waals surface area contributed by atoms with E-state index in [1.165, 1.54) is 19.1 Å². The van der Waals surface area contributed by atoms with Crippen LogP contribution in [0.5, 0.6) is 0 Å². The molecule has 1 saturated heterocycles. The Labute approximate surface area is 126 Å². The number of allylic oxidation sites excluding steroid dienone is 1. The Bertz CT molecular complexity index is 606. The highest BCUT2D eigenvalue weighted by Crippen LogP contribution is 2.11. The third-order valence-corrected chi connectivity index (χ3v) is 3.02. The summed E-state index contributed by atoms with van der Waals surface area (Å²) >= 11 is 0. The molecular weight excluding hydrogens is 290 g/mol. The minimum absolute atomic E-state index is 0.0988. The van der Waals surface area contributed by atoms with Crippen molar-refractivity contribution in [2.75, 3.05) is 6.54 Å². The summed E-state index contributed by atoms with van der Waals surface area (Å²) < 4.78 is 0. The summed E-state index contributed by atoms with van der Waals surface area (Å²) in [6.45, 7) is 6.25. The van der Waals surface area contributed by atoms with Crippen LogP contribution in [0.2, 0.25) is 0 Å². The highest BCUT2D eigenvalue weighted by atomic mass is 16.4. The lowest BCUT2D eigenvalue weighted by Crippen LogP contribution is -2.53. The van der Waals surface area contributed by atoms with Crippen LogP contribution in [0.3, 0.4) is 0 Å². The molecule has 1 fully saturated rings. The summed E-state index contributed by atoms with van der Waals surface area (Å²) in [6, 6.07) is -0.650. The molecule has 4 amide bonds. The first-order valence-electron chi connectivity index (χ1n) is 6.39. The molecule has 1 unspecified atom stereocenters. The van der Waals surface area contributed by atoms with E-state index in [0.29, 0.717) is 0 Å². The van der Waals surface area contributed by atoms with Gasteiger partial charge in [-0.15, -0.1) is 0 Å². The molecule has 1 atom stereocenters. The number of urea groups is 1. The zero-order valence-electron chi connectivity index (χ0n) is 12.2. The van der Waals surface area contributed by atoms with Crippen molar-refractivity contribution in [3.63, 3.8) is 0 Å². The maximum atomic E-state index is 12.1.